The summed E-state index contributed by atoms with van der Waals surface area (Å²) >= 11 is 2.69. The summed E-state index contributed by atoms with van der Waals surface area (Å²) < 4.78 is 7.17. The van der Waals surface area contributed by atoms with Crippen molar-refractivity contribution in [3.63, 3.8) is 0 Å². The van der Waals surface area contributed by atoms with E-state index in [4.69, 9.17) is 4.74 Å². The number of nitrogens with one attached hydrogen (secondary N) is 1. The lowest BCUT2D eigenvalue weighted by atomic mass is 10.1. The molecule has 0 atom stereocenters. The first-order valence-electron chi connectivity index (χ1n) is 10.4. The highest BCUT2D eigenvalue weighted by atomic mass is 32.2. The highest BCUT2D eigenvalue weighted by molar-refractivity contribution is 8.01. The molecule has 0 saturated carbocycles. The molecule has 0 unspecified atom stereocenters. The Morgan fingerprint density at radius 3 is 2.79 bits per heavy atom. The maximum absolute atomic E-state index is 12.0. The van der Waals surface area contributed by atoms with Gasteiger partial charge in [0.25, 0.3) is 5.69 Å². The Bertz CT molecular complexity index is 1360. The summed E-state index contributed by atoms with van der Waals surface area (Å²) in [6.45, 7) is 2.49. The molecule has 1 heterocycles. The summed E-state index contributed by atoms with van der Waals surface area (Å²) in [6.07, 6.45) is 1.58. The highest BCUT2D eigenvalue weighted by Gasteiger charge is 2.17. The number of carbonyl (C=O) groups excluding carboxylic acids is 1. The van der Waals surface area contributed by atoms with Gasteiger partial charge in [0.1, 0.15) is 5.75 Å². The number of nitro benzene ring substituents is 1. The maximum atomic E-state index is 12.0. The quantitative estimate of drug-likeness (QED) is 0.189. The van der Waals surface area contributed by atoms with Gasteiger partial charge < -0.3 is 4.74 Å². The number of hydrogen-bond donors (Lipinski definition) is 1. The minimum atomic E-state index is -0.436. The van der Waals surface area contributed by atoms with E-state index in [0.29, 0.717) is 21.4 Å². The molecule has 0 aliphatic rings. The fourth-order valence-electron chi connectivity index (χ4n) is 3.12. The molecule has 3 aromatic carbocycles. The number of amides is 1. The third kappa shape index (κ3) is 5.97. The molecule has 1 amide bonds. The monoisotopic (exact) mass is 492 g/mol. The number of ether oxygens (including phenoxy) is 1. The molecule has 1 aromatic heterocycles. The summed E-state index contributed by atoms with van der Waals surface area (Å²) in [4.78, 5) is 28.3. The summed E-state index contributed by atoms with van der Waals surface area (Å²) in [6, 6.07) is 19.7. The number of rotatable bonds is 9. The zero-order valence-corrected chi connectivity index (χ0v) is 19.8. The number of thiazole rings is 1. The third-order valence-corrected chi connectivity index (χ3v) is 6.78. The molecule has 10 heteroatoms. The van der Waals surface area contributed by atoms with Gasteiger partial charge >= 0.3 is 0 Å². The fourth-order valence-corrected chi connectivity index (χ4v) is 5.26. The van der Waals surface area contributed by atoms with Crippen LogP contribution in [0.5, 0.6) is 5.75 Å². The second kappa shape index (κ2) is 10.9. The van der Waals surface area contributed by atoms with Crippen LogP contribution in [-0.2, 0) is 11.2 Å². The molecule has 0 bridgehead atoms. The van der Waals surface area contributed by atoms with Gasteiger partial charge in [-0.1, -0.05) is 48.2 Å². The van der Waals surface area contributed by atoms with E-state index in [1.54, 1.807) is 12.1 Å². The van der Waals surface area contributed by atoms with Crippen molar-refractivity contribution in [2.45, 2.75) is 22.6 Å². The van der Waals surface area contributed by atoms with E-state index in [1.807, 2.05) is 55.5 Å². The largest absolute Gasteiger partial charge is 0.494 e. The van der Waals surface area contributed by atoms with Crippen LogP contribution in [0.3, 0.4) is 0 Å². The molecule has 4 aromatic rings. The second-order valence-corrected chi connectivity index (χ2v) is 9.40. The molecule has 0 saturated heterocycles. The Kier molecular flexibility index (Phi) is 7.51. The Balaban J connectivity index is 1.46. The lowest BCUT2D eigenvalue weighted by Crippen LogP contribution is -2.19. The van der Waals surface area contributed by atoms with E-state index >= 15 is 0 Å². The summed E-state index contributed by atoms with van der Waals surface area (Å²) in [5, 5.41) is 15.6. The van der Waals surface area contributed by atoms with Crippen molar-refractivity contribution in [3.05, 3.63) is 88.0 Å². The van der Waals surface area contributed by atoms with Crippen LogP contribution in [0.2, 0.25) is 0 Å². The van der Waals surface area contributed by atoms with Crippen LogP contribution in [0.15, 0.2) is 81.1 Å². The fraction of sp³-hybridized carbons (Fsp3) is 0.125. The topological polar surface area (TPSA) is 107 Å². The summed E-state index contributed by atoms with van der Waals surface area (Å²) in [7, 11) is 0. The van der Waals surface area contributed by atoms with Crippen molar-refractivity contribution in [2.75, 3.05) is 6.61 Å². The first kappa shape index (κ1) is 23.4. The van der Waals surface area contributed by atoms with Crippen molar-refractivity contribution in [2.24, 2.45) is 5.10 Å². The van der Waals surface area contributed by atoms with Gasteiger partial charge in [-0.25, -0.2) is 10.4 Å². The number of fused-ring (bicyclic) bond motifs is 1. The van der Waals surface area contributed by atoms with Crippen molar-refractivity contribution >= 4 is 51.1 Å². The number of aromatic nitrogens is 1. The van der Waals surface area contributed by atoms with Crippen molar-refractivity contribution in [3.8, 4) is 5.75 Å². The zero-order valence-electron chi connectivity index (χ0n) is 18.1. The average molecular weight is 493 g/mol. The molecule has 1 N–H and O–H groups in total. The SMILES string of the molecule is CCOc1ccc2nc(Sc3ccc(/C=N\NC(=O)Cc4ccccc4)cc3[N+](=O)[O-])sc2c1. The van der Waals surface area contributed by atoms with Gasteiger partial charge in [-0.3, -0.25) is 14.9 Å². The van der Waals surface area contributed by atoms with Crippen LogP contribution in [0, 0.1) is 10.1 Å². The number of hydrogen-bond acceptors (Lipinski definition) is 8. The van der Waals surface area contributed by atoms with Gasteiger partial charge in [-0.2, -0.15) is 5.10 Å². The van der Waals surface area contributed by atoms with Crippen LogP contribution < -0.4 is 10.2 Å². The van der Waals surface area contributed by atoms with Crippen LogP contribution >= 0.6 is 23.1 Å². The highest BCUT2D eigenvalue weighted by Crippen LogP contribution is 2.39. The van der Waals surface area contributed by atoms with Crippen LogP contribution in [0.25, 0.3) is 10.2 Å². The van der Waals surface area contributed by atoms with E-state index in [1.165, 1.54) is 35.4 Å². The molecule has 0 fully saturated rings. The van der Waals surface area contributed by atoms with Crippen LogP contribution in [0.4, 0.5) is 5.69 Å². The third-order valence-electron chi connectivity index (χ3n) is 4.64. The van der Waals surface area contributed by atoms with Gasteiger partial charge in [-0.05, 0) is 36.8 Å². The van der Waals surface area contributed by atoms with Gasteiger partial charge in [0, 0.05) is 11.6 Å². The molecule has 8 nitrogen and oxygen atoms in total. The summed E-state index contributed by atoms with van der Waals surface area (Å²) in [5.41, 5.74) is 4.58. The average Bonchev–Trinajstić information content (AvgIpc) is 3.22. The molecule has 172 valence electrons. The predicted octanol–water partition coefficient (Wildman–Crippen LogP) is 5.45. The van der Waals surface area contributed by atoms with E-state index < -0.39 is 4.92 Å². The number of carbonyl (C=O) groups is 1. The maximum Gasteiger partial charge on any atom is 0.283 e. The molecular formula is C24H20N4O4S2. The standard InChI is InChI=1S/C24H20N4O4S2/c1-2-32-18-9-10-19-22(14-18)34-24(26-19)33-21-11-8-17(12-20(21)28(30)31)15-25-27-23(29)13-16-6-4-3-5-7-16/h3-12,14-15H,2,13H2,1H3,(H,27,29)/b25-15-. The Morgan fingerprint density at radius 2 is 2.03 bits per heavy atom. The van der Waals surface area contributed by atoms with Crippen molar-refractivity contribution in [1.29, 1.82) is 0 Å². The first-order valence-corrected chi connectivity index (χ1v) is 12.0. The van der Waals surface area contributed by atoms with Gasteiger partial charge in [-0.15, -0.1) is 11.3 Å². The Hall–Kier alpha value is -3.76. The normalized spacial score (nSPS) is 11.1. The van der Waals surface area contributed by atoms with Crippen molar-refractivity contribution in [1.82, 2.24) is 10.4 Å². The number of benzene rings is 3. The molecule has 0 aliphatic carbocycles. The molecule has 0 radical (unpaired) electrons. The Labute approximate surface area is 203 Å². The van der Waals surface area contributed by atoms with E-state index in [2.05, 4.69) is 15.5 Å². The number of hydrazone groups is 1. The van der Waals surface area contributed by atoms with Gasteiger partial charge in [0.05, 0.1) is 39.3 Å². The van der Waals surface area contributed by atoms with Crippen LogP contribution in [-0.4, -0.2) is 28.6 Å². The van der Waals surface area contributed by atoms with E-state index in [9.17, 15) is 14.9 Å². The van der Waals surface area contributed by atoms with Crippen molar-refractivity contribution < 1.29 is 14.5 Å². The molecule has 0 spiro atoms. The molecule has 4 rings (SSSR count). The lowest BCUT2D eigenvalue weighted by Gasteiger charge is -2.02. The number of nitrogens with zero attached hydrogens (tertiary/aromatic N) is 3. The summed E-state index contributed by atoms with van der Waals surface area (Å²) in [5.74, 6) is 0.494. The van der Waals surface area contributed by atoms with E-state index in [-0.39, 0.29) is 18.0 Å². The number of nitro groups is 1. The van der Waals surface area contributed by atoms with Crippen LogP contribution in [0.1, 0.15) is 18.1 Å². The molecule has 34 heavy (non-hydrogen) atoms. The van der Waals surface area contributed by atoms with E-state index in [0.717, 1.165) is 21.5 Å². The minimum Gasteiger partial charge on any atom is -0.494 e. The Morgan fingerprint density at radius 1 is 1.21 bits per heavy atom. The molecule has 0 aliphatic heterocycles. The minimum absolute atomic E-state index is 0.0566. The molecular weight excluding hydrogens is 472 g/mol. The van der Waals surface area contributed by atoms with Gasteiger partial charge in [0.2, 0.25) is 5.91 Å². The first-order chi connectivity index (χ1) is 16.5. The zero-order chi connectivity index (χ0) is 23.9. The predicted molar refractivity (Wildman–Crippen MR) is 134 cm³/mol. The lowest BCUT2D eigenvalue weighted by molar-refractivity contribution is -0.387. The van der Waals surface area contributed by atoms with Gasteiger partial charge in [0.15, 0.2) is 4.34 Å². The smallest absolute Gasteiger partial charge is 0.283 e. The second-order valence-electron chi connectivity index (χ2n) is 7.08.